The second-order valence-corrected chi connectivity index (χ2v) is 9.56. The molecule has 6 rings (SSSR count). The number of ether oxygens (including phenoxy) is 3. The molecule has 2 aromatic rings. The maximum atomic E-state index is 13.2. The molecule has 1 saturated heterocycles. The maximum Gasteiger partial charge on any atom is 0.347 e. The summed E-state index contributed by atoms with van der Waals surface area (Å²) in [5, 5.41) is 81.7. The molecule has 0 radical (unpaired) electrons. The van der Waals surface area contributed by atoms with E-state index >= 15 is 0 Å². The van der Waals surface area contributed by atoms with E-state index < -0.39 is 90.4 Å². The highest BCUT2D eigenvalue weighted by molar-refractivity contribution is 6.14. The summed E-state index contributed by atoms with van der Waals surface area (Å²) in [7, 11) is 0. The molecule has 1 heterocycles. The molecule has 8 N–H and O–H groups in total. The van der Waals surface area contributed by atoms with Gasteiger partial charge in [0.05, 0.1) is 18.4 Å². The van der Waals surface area contributed by atoms with Crippen molar-refractivity contribution in [3.8, 4) is 23.0 Å². The van der Waals surface area contributed by atoms with Crippen LogP contribution in [-0.4, -0.2) is 95.5 Å². The Morgan fingerprint density at radius 2 is 1.72 bits per heavy atom. The normalized spacial score (nSPS) is 33.1. The molecule has 1 fully saturated rings. The lowest BCUT2D eigenvalue weighted by Gasteiger charge is -2.42. The fourth-order valence-corrected chi connectivity index (χ4v) is 5.18. The number of aliphatic hydroxyl groups excluding tert-OH is 4. The van der Waals surface area contributed by atoms with Crippen LogP contribution < -0.4 is 4.74 Å². The van der Waals surface area contributed by atoms with Crippen molar-refractivity contribution in [3.63, 3.8) is 0 Å². The number of rotatable bonds is 6. The number of carbonyl (C=O) groups is 2. The van der Waals surface area contributed by atoms with E-state index in [2.05, 4.69) is 0 Å². The minimum Gasteiger partial charge on any atom is -0.504 e. The lowest BCUT2D eigenvalue weighted by atomic mass is 9.62. The van der Waals surface area contributed by atoms with Crippen molar-refractivity contribution in [1.82, 2.24) is 0 Å². The molecule has 0 aromatic heterocycles. The van der Waals surface area contributed by atoms with E-state index in [1.807, 2.05) is 0 Å². The highest BCUT2D eigenvalue weighted by Gasteiger charge is 2.60. The Hall–Kier alpha value is -3.72. The van der Waals surface area contributed by atoms with Gasteiger partial charge in [0.1, 0.15) is 31.0 Å². The van der Waals surface area contributed by atoms with Gasteiger partial charge in [-0.3, -0.25) is 4.79 Å². The number of carbonyl (C=O) groups excluding carboxylic acids is 2. The summed E-state index contributed by atoms with van der Waals surface area (Å²) in [5.74, 6) is -6.55. The van der Waals surface area contributed by atoms with E-state index in [4.69, 9.17) is 14.2 Å². The highest BCUT2D eigenvalue weighted by atomic mass is 16.7. The Kier molecular flexibility index (Phi) is 6.74. The van der Waals surface area contributed by atoms with Crippen LogP contribution in [0.3, 0.4) is 0 Å². The molecule has 39 heavy (non-hydrogen) atoms. The molecule has 3 unspecified atom stereocenters. The zero-order valence-corrected chi connectivity index (χ0v) is 20.1. The average molecular weight is 546 g/mol. The topological polar surface area (TPSA) is 224 Å². The van der Waals surface area contributed by atoms with Crippen molar-refractivity contribution in [3.05, 3.63) is 59.2 Å². The molecule has 4 aliphatic rings. The number of benzene rings is 2. The van der Waals surface area contributed by atoms with Crippen molar-refractivity contribution < 1.29 is 64.7 Å². The van der Waals surface area contributed by atoms with E-state index in [0.717, 1.165) is 0 Å². The number of phenolic OH excluding ortho intramolecular Hbond substituents is 3. The number of fused-ring (bicyclic) bond motifs is 1. The van der Waals surface area contributed by atoms with Gasteiger partial charge < -0.3 is 55.1 Å². The van der Waals surface area contributed by atoms with Gasteiger partial charge in [0.15, 0.2) is 28.8 Å². The van der Waals surface area contributed by atoms with Gasteiger partial charge in [-0.05, 0) is 17.7 Å². The van der Waals surface area contributed by atoms with E-state index in [-0.39, 0.29) is 16.9 Å². The molecule has 8 atom stereocenters. The largest absolute Gasteiger partial charge is 0.504 e. The number of para-hydroxylation sites is 1. The van der Waals surface area contributed by atoms with Crippen molar-refractivity contribution in [1.29, 1.82) is 0 Å². The first kappa shape index (κ1) is 26.9. The summed E-state index contributed by atoms with van der Waals surface area (Å²) in [6.45, 7) is -1.36. The molecule has 0 saturated carbocycles. The van der Waals surface area contributed by atoms with Gasteiger partial charge in [0.2, 0.25) is 11.9 Å². The van der Waals surface area contributed by atoms with E-state index in [0.29, 0.717) is 5.56 Å². The zero-order chi connectivity index (χ0) is 28.2. The highest BCUT2D eigenvalue weighted by Crippen LogP contribution is 2.53. The van der Waals surface area contributed by atoms with Crippen LogP contribution >= 0.6 is 0 Å². The van der Waals surface area contributed by atoms with Crippen LogP contribution in [0.2, 0.25) is 0 Å². The zero-order valence-electron chi connectivity index (χ0n) is 20.1. The van der Waals surface area contributed by atoms with Crippen molar-refractivity contribution in [2.24, 2.45) is 0 Å². The molecule has 208 valence electrons. The predicted octanol–water partition coefficient (Wildman–Crippen LogP) is -1.22. The number of hydrogen-bond donors (Lipinski definition) is 8. The lowest BCUT2D eigenvalue weighted by molar-refractivity contribution is -0.277. The molecule has 13 heteroatoms. The minimum atomic E-state index is -2.73. The van der Waals surface area contributed by atoms with Crippen LogP contribution in [0.1, 0.15) is 28.5 Å². The first-order chi connectivity index (χ1) is 18.5. The number of phenols is 3. The van der Waals surface area contributed by atoms with Gasteiger partial charge >= 0.3 is 5.97 Å². The van der Waals surface area contributed by atoms with Crippen LogP contribution in [0.4, 0.5) is 0 Å². The maximum absolute atomic E-state index is 13.2. The molecule has 13 nitrogen and oxygen atoms in total. The molecule has 3 aliphatic carbocycles. The summed E-state index contributed by atoms with van der Waals surface area (Å²) in [6.07, 6.45) is -5.26. The Labute approximate surface area is 220 Å². The minimum absolute atomic E-state index is 0.00811. The predicted molar refractivity (Wildman–Crippen MR) is 127 cm³/mol. The molecular weight excluding hydrogens is 520 g/mol. The quantitative estimate of drug-likeness (QED) is 0.0921. The fraction of sp³-hybridized carbons (Fsp3) is 0.385. The molecule has 2 bridgehead atoms. The van der Waals surface area contributed by atoms with Gasteiger partial charge in [0, 0.05) is 11.1 Å². The summed E-state index contributed by atoms with van der Waals surface area (Å²) in [5.41, 5.74) is -2.37. The third kappa shape index (κ3) is 4.11. The van der Waals surface area contributed by atoms with Gasteiger partial charge in [-0.25, -0.2) is 4.79 Å². The number of ketones is 1. The molecule has 2 aromatic carbocycles. The number of aromatic hydroxyl groups is 3. The van der Waals surface area contributed by atoms with E-state index in [1.165, 1.54) is 42.5 Å². The number of hydrogen-bond acceptors (Lipinski definition) is 13. The summed E-state index contributed by atoms with van der Waals surface area (Å²) < 4.78 is 16.1. The number of aliphatic hydroxyl groups is 5. The third-order valence-electron chi connectivity index (χ3n) is 7.31. The molecule has 0 spiro atoms. The lowest BCUT2D eigenvalue weighted by Crippen LogP contribution is -2.60. The smallest absolute Gasteiger partial charge is 0.347 e. The van der Waals surface area contributed by atoms with Crippen LogP contribution in [0.15, 0.2) is 42.5 Å². The second-order valence-electron chi connectivity index (χ2n) is 9.56. The third-order valence-corrected chi connectivity index (χ3v) is 7.31. The van der Waals surface area contributed by atoms with Gasteiger partial charge in [-0.1, -0.05) is 30.4 Å². The molecule has 0 amide bonds. The summed E-state index contributed by atoms with van der Waals surface area (Å²) >= 11 is 0. The van der Waals surface area contributed by atoms with Crippen molar-refractivity contribution in [2.75, 3.05) is 6.61 Å². The van der Waals surface area contributed by atoms with Crippen molar-refractivity contribution in [2.45, 2.75) is 54.7 Å². The second kappa shape index (κ2) is 9.79. The fourth-order valence-electron chi connectivity index (χ4n) is 5.18. The van der Waals surface area contributed by atoms with E-state index in [1.54, 1.807) is 0 Å². The van der Waals surface area contributed by atoms with Crippen LogP contribution in [-0.2, 0) is 25.7 Å². The Bertz CT molecular complexity index is 1340. The number of esters is 1. The Morgan fingerprint density at radius 3 is 2.44 bits per heavy atom. The van der Waals surface area contributed by atoms with Crippen LogP contribution in [0.25, 0.3) is 0 Å². The number of allylic oxidation sites excluding steroid dienone is 1. The average Bonchev–Trinajstić information content (AvgIpc) is 2.93. The van der Waals surface area contributed by atoms with Gasteiger partial charge in [0.25, 0.3) is 0 Å². The first-order valence-corrected chi connectivity index (χ1v) is 12.0. The van der Waals surface area contributed by atoms with Gasteiger partial charge in [-0.2, -0.15) is 0 Å². The SMILES string of the molecule is O=C(OCc1cccc(O)c1O[C@@H]1O[C@H](CO)[C@@H](O)[C@H](O)[C@H]1O)C1(O)C(=O)C2C=CC1c1c2ccc(O)c1O. The molecule has 1 aliphatic heterocycles. The van der Waals surface area contributed by atoms with E-state index in [9.17, 15) is 50.4 Å². The summed E-state index contributed by atoms with van der Waals surface area (Å²) in [6, 6.07) is 6.57. The molecular formula is C26H26O13. The number of Topliss-reactive ketones (excluding diaryl/α,β-unsaturated/α-hetero) is 1. The van der Waals surface area contributed by atoms with Crippen LogP contribution in [0, 0.1) is 0 Å². The summed E-state index contributed by atoms with van der Waals surface area (Å²) in [4.78, 5) is 26.3. The standard InChI is InChI=1S/C26H26O13/c27-8-16-19(31)20(32)21(33)24(38-16)39-22-10(2-1-3-15(22)29)9-37-25(35)26(36)13-6-4-12(23(26)34)11-5-7-14(28)18(30)17(11)13/h1-7,12-13,16,19-21,24,27-33,36H,8-9H2/t12?,13?,16-,19-,20+,21-,24+,26?/m1/s1. The van der Waals surface area contributed by atoms with Gasteiger partial charge in [-0.15, -0.1) is 0 Å². The van der Waals surface area contributed by atoms with Crippen molar-refractivity contribution >= 4 is 11.8 Å². The Balaban J connectivity index is 1.38. The monoisotopic (exact) mass is 546 g/mol. The Morgan fingerprint density at radius 1 is 0.974 bits per heavy atom. The van der Waals surface area contributed by atoms with Crippen LogP contribution in [0.5, 0.6) is 23.0 Å². The first-order valence-electron chi connectivity index (χ1n) is 12.0.